The third kappa shape index (κ3) is 1.98. The summed E-state index contributed by atoms with van der Waals surface area (Å²) in [6.07, 6.45) is 4.32. The Morgan fingerprint density at radius 2 is 2.30 bits per heavy atom. The Balaban J connectivity index is 1.88. The molecule has 3 nitrogen and oxygen atoms in total. The van der Waals surface area contributed by atoms with Gasteiger partial charge in [0.2, 0.25) is 0 Å². The number of carboxylic acids is 1. The molecule has 2 saturated carbocycles. The van der Waals surface area contributed by atoms with E-state index in [1.807, 2.05) is 0 Å². The van der Waals surface area contributed by atoms with Crippen LogP contribution in [0.25, 0.3) is 0 Å². The smallest absolute Gasteiger partial charge is 0.310 e. The highest BCUT2D eigenvalue weighted by Crippen LogP contribution is 2.57. The van der Waals surface area contributed by atoms with Gasteiger partial charge >= 0.3 is 5.97 Å². The molecule has 20 heavy (non-hydrogen) atoms. The van der Waals surface area contributed by atoms with Crippen molar-refractivity contribution >= 4 is 5.97 Å². The number of carbonyl (C=O) groups is 1. The van der Waals surface area contributed by atoms with Gasteiger partial charge in [-0.05, 0) is 55.2 Å². The summed E-state index contributed by atoms with van der Waals surface area (Å²) in [6.45, 7) is 0. The van der Waals surface area contributed by atoms with Crippen LogP contribution in [0.3, 0.4) is 0 Å². The van der Waals surface area contributed by atoms with Crippen molar-refractivity contribution in [3.63, 3.8) is 0 Å². The molecule has 1 aromatic rings. The molecule has 0 heterocycles. The molecule has 0 amide bonds. The lowest BCUT2D eigenvalue weighted by Crippen LogP contribution is -2.38. The van der Waals surface area contributed by atoms with Gasteiger partial charge in [0.05, 0.1) is 12.5 Å². The summed E-state index contributed by atoms with van der Waals surface area (Å²) in [5.41, 5.74) is 0.0578. The molecule has 4 heteroatoms. The lowest BCUT2D eigenvalue weighted by Gasteiger charge is -2.33. The molecular formula is C16H19FO3. The van der Waals surface area contributed by atoms with Crippen molar-refractivity contribution in [3.8, 4) is 5.75 Å². The second-order valence-electron chi connectivity index (χ2n) is 6.19. The van der Waals surface area contributed by atoms with Crippen LogP contribution in [0.1, 0.15) is 31.2 Å². The maximum atomic E-state index is 13.8. The largest absolute Gasteiger partial charge is 0.494 e. The Labute approximate surface area is 117 Å². The molecule has 2 aliphatic rings. The highest BCUT2D eigenvalue weighted by molar-refractivity contribution is 5.76. The molecule has 0 spiro atoms. The van der Waals surface area contributed by atoms with Crippen LogP contribution in [0.4, 0.5) is 4.39 Å². The number of methoxy groups -OCH3 is 1. The summed E-state index contributed by atoms with van der Waals surface area (Å²) in [5, 5.41) is 9.70. The highest BCUT2D eigenvalue weighted by Gasteiger charge is 2.55. The van der Waals surface area contributed by atoms with Crippen LogP contribution in [-0.4, -0.2) is 18.2 Å². The minimum atomic E-state index is -0.721. The molecule has 108 valence electrons. The zero-order chi connectivity index (χ0) is 14.3. The standard InChI is InChI=1S/C16H19FO3/c1-20-14-5-3-11(7-13(14)17)9-16(15(18)19)8-10-2-4-12(16)6-10/h3,5,7,10,12H,2,4,6,8-9H2,1H3,(H,18,19). The first-order valence-corrected chi connectivity index (χ1v) is 7.11. The molecule has 0 aliphatic heterocycles. The van der Waals surface area contributed by atoms with E-state index in [1.54, 1.807) is 12.1 Å². The third-order valence-corrected chi connectivity index (χ3v) is 5.14. The minimum absolute atomic E-state index is 0.200. The Morgan fingerprint density at radius 1 is 1.50 bits per heavy atom. The fraction of sp³-hybridized carbons (Fsp3) is 0.562. The topological polar surface area (TPSA) is 46.5 Å². The van der Waals surface area contributed by atoms with Crippen molar-refractivity contribution in [3.05, 3.63) is 29.6 Å². The maximum absolute atomic E-state index is 13.8. The fourth-order valence-electron chi connectivity index (χ4n) is 4.18. The van der Waals surface area contributed by atoms with Gasteiger partial charge in [0.15, 0.2) is 11.6 Å². The number of ether oxygens (including phenoxy) is 1. The molecule has 0 radical (unpaired) electrons. The average Bonchev–Trinajstić information content (AvgIpc) is 3.00. The highest BCUT2D eigenvalue weighted by atomic mass is 19.1. The van der Waals surface area contributed by atoms with Crippen molar-refractivity contribution in [1.29, 1.82) is 0 Å². The number of aliphatic carboxylic acids is 1. The quantitative estimate of drug-likeness (QED) is 0.919. The van der Waals surface area contributed by atoms with Crippen molar-refractivity contribution in [2.45, 2.75) is 32.1 Å². The van der Waals surface area contributed by atoms with E-state index in [0.717, 1.165) is 31.2 Å². The zero-order valence-electron chi connectivity index (χ0n) is 11.6. The molecule has 3 unspecified atom stereocenters. The summed E-state index contributed by atoms with van der Waals surface area (Å²) < 4.78 is 18.7. The Hall–Kier alpha value is -1.58. The summed E-state index contributed by atoms with van der Waals surface area (Å²) in [7, 11) is 1.42. The van der Waals surface area contributed by atoms with Crippen LogP contribution in [0.5, 0.6) is 5.75 Å². The zero-order valence-corrected chi connectivity index (χ0v) is 11.6. The number of fused-ring (bicyclic) bond motifs is 2. The van der Waals surface area contributed by atoms with Gasteiger partial charge in [0, 0.05) is 0 Å². The average molecular weight is 278 g/mol. The van der Waals surface area contributed by atoms with E-state index in [1.165, 1.54) is 13.2 Å². The van der Waals surface area contributed by atoms with Crippen LogP contribution in [0.15, 0.2) is 18.2 Å². The Morgan fingerprint density at radius 3 is 2.80 bits per heavy atom. The van der Waals surface area contributed by atoms with E-state index < -0.39 is 17.2 Å². The minimum Gasteiger partial charge on any atom is -0.494 e. The van der Waals surface area contributed by atoms with Crippen molar-refractivity contribution < 1.29 is 19.0 Å². The number of hydrogen-bond acceptors (Lipinski definition) is 2. The van der Waals surface area contributed by atoms with Crippen LogP contribution < -0.4 is 4.74 Å². The second-order valence-corrected chi connectivity index (χ2v) is 6.19. The monoisotopic (exact) mass is 278 g/mol. The molecule has 1 N–H and O–H groups in total. The Bertz CT molecular complexity index is 543. The number of rotatable bonds is 4. The van der Waals surface area contributed by atoms with Crippen LogP contribution in [-0.2, 0) is 11.2 Å². The molecule has 0 saturated heterocycles. The van der Waals surface area contributed by atoms with Crippen LogP contribution in [0.2, 0.25) is 0 Å². The van der Waals surface area contributed by atoms with E-state index in [2.05, 4.69) is 0 Å². The van der Waals surface area contributed by atoms with Gasteiger partial charge in [-0.1, -0.05) is 12.5 Å². The van der Waals surface area contributed by atoms with Crippen LogP contribution in [0, 0.1) is 23.1 Å². The number of benzene rings is 1. The maximum Gasteiger partial charge on any atom is 0.310 e. The lowest BCUT2D eigenvalue weighted by molar-refractivity contribution is -0.152. The fourth-order valence-corrected chi connectivity index (χ4v) is 4.18. The lowest BCUT2D eigenvalue weighted by atomic mass is 9.69. The predicted octanol–water partition coefficient (Wildman–Crippen LogP) is 3.27. The van der Waals surface area contributed by atoms with Gasteiger partial charge in [-0.25, -0.2) is 4.39 Å². The van der Waals surface area contributed by atoms with Crippen molar-refractivity contribution in [1.82, 2.24) is 0 Å². The molecule has 2 bridgehead atoms. The third-order valence-electron chi connectivity index (χ3n) is 5.14. The van der Waals surface area contributed by atoms with Crippen LogP contribution >= 0.6 is 0 Å². The molecule has 3 rings (SSSR count). The van der Waals surface area contributed by atoms with Gasteiger partial charge in [-0.3, -0.25) is 4.79 Å². The first kappa shape index (κ1) is 13.4. The SMILES string of the molecule is COc1ccc(CC2(C(=O)O)CC3CCC2C3)cc1F. The van der Waals surface area contributed by atoms with Gasteiger partial charge in [0.25, 0.3) is 0 Å². The molecule has 3 atom stereocenters. The van der Waals surface area contributed by atoms with E-state index >= 15 is 0 Å². The van der Waals surface area contributed by atoms with Crippen molar-refractivity contribution in [2.24, 2.45) is 17.3 Å². The molecule has 2 fully saturated rings. The molecular weight excluding hydrogens is 259 g/mol. The predicted molar refractivity (Wildman–Crippen MR) is 72.2 cm³/mol. The first-order chi connectivity index (χ1) is 9.55. The second kappa shape index (κ2) is 4.76. The normalized spacial score (nSPS) is 31.5. The van der Waals surface area contributed by atoms with Gasteiger partial charge in [0.1, 0.15) is 0 Å². The molecule has 1 aromatic carbocycles. The van der Waals surface area contributed by atoms with E-state index in [-0.39, 0.29) is 11.7 Å². The summed E-state index contributed by atoms with van der Waals surface area (Å²) in [6, 6.07) is 4.77. The van der Waals surface area contributed by atoms with E-state index in [9.17, 15) is 14.3 Å². The van der Waals surface area contributed by atoms with Gasteiger partial charge < -0.3 is 9.84 Å². The number of hydrogen-bond donors (Lipinski definition) is 1. The van der Waals surface area contributed by atoms with E-state index in [0.29, 0.717) is 12.3 Å². The summed E-state index contributed by atoms with van der Waals surface area (Å²) in [4.78, 5) is 11.8. The number of carboxylic acid groups (broad SMARTS) is 1. The Kier molecular flexibility index (Phi) is 3.19. The van der Waals surface area contributed by atoms with E-state index in [4.69, 9.17) is 4.74 Å². The summed E-state index contributed by atoms with van der Waals surface area (Å²) in [5.74, 6) is -0.157. The summed E-state index contributed by atoms with van der Waals surface area (Å²) >= 11 is 0. The molecule has 0 aromatic heterocycles. The van der Waals surface area contributed by atoms with Crippen molar-refractivity contribution in [2.75, 3.05) is 7.11 Å². The number of halogens is 1. The van der Waals surface area contributed by atoms with Gasteiger partial charge in [-0.15, -0.1) is 0 Å². The molecule has 2 aliphatic carbocycles. The van der Waals surface area contributed by atoms with Gasteiger partial charge in [-0.2, -0.15) is 0 Å². The first-order valence-electron chi connectivity index (χ1n) is 7.11.